The quantitative estimate of drug-likeness (QED) is 0.375. The van der Waals surface area contributed by atoms with Gasteiger partial charge in [0, 0.05) is 19.0 Å². The number of aromatic nitrogens is 1. The fraction of sp³-hybridized carbons (Fsp3) is 0.696. The molecule has 1 aliphatic rings. The molecule has 1 fully saturated rings. The highest BCUT2D eigenvalue weighted by molar-refractivity contribution is 6.29. The number of esters is 1. The van der Waals surface area contributed by atoms with Gasteiger partial charge in [-0.2, -0.15) is 0 Å². The van der Waals surface area contributed by atoms with E-state index in [2.05, 4.69) is 4.98 Å². The van der Waals surface area contributed by atoms with Crippen molar-refractivity contribution < 1.29 is 32.2 Å². The lowest BCUT2D eigenvalue weighted by molar-refractivity contribution is -0.172. The largest absolute Gasteiger partial charge is 0.460 e. The fourth-order valence-electron chi connectivity index (χ4n) is 3.89. The highest BCUT2D eigenvalue weighted by Gasteiger charge is 2.49. The molecule has 33 heavy (non-hydrogen) atoms. The summed E-state index contributed by atoms with van der Waals surface area (Å²) < 4.78 is 52.6. The summed E-state index contributed by atoms with van der Waals surface area (Å²) in [5.74, 6) is -1.80. The Kier molecular flexibility index (Phi) is 7.98. The number of nitrogens with zero attached hydrogens (tertiary/aromatic N) is 2. The number of pyridine rings is 1. The summed E-state index contributed by atoms with van der Waals surface area (Å²) in [5, 5.41) is -0.291. The molecule has 1 aromatic rings. The second-order valence-corrected chi connectivity index (χ2v) is 10.9. The van der Waals surface area contributed by atoms with Crippen LogP contribution in [0.5, 0.6) is 0 Å². The molecule has 1 amide bonds. The van der Waals surface area contributed by atoms with Crippen molar-refractivity contribution in [1.29, 1.82) is 0 Å². The van der Waals surface area contributed by atoms with Gasteiger partial charge in [-0.1, -0.05) is 11.6 Å². The van der Waals surface area contributed by atoms with Gasteiger partial charge in [0.2, 0.25) is 0 Å². The average Bonchev–Trinajstić information content (AvgIpc) is 2.61. The number of alkyl halides is 2. The van der Waals surface area contributed by atoms with Crippen molar-refractivity contribution in [2.75, 3.05) is 6.54 Å². The van der Waals surface area contributed by atoms with Crippen LogP contribution < -0.4 is 0 Å². The number of carbonyl (C=O) groups excluding carboxylic acids is 2. The van der Waals surface area contributed by atoms with E-state index in [1.807, 2.05) is 0 Å². The van der Waals surface area contributed by atoms with Crippen molar-refractivity contribution in [3.63, 3.8) is 0 Å². The number of piperidine rings is 1. The molecule has 0 unspecified atom stereocenters. The topological polar surface area (TPSA) is 68.7 Å². The van der Waals surface area contributed by atoms with Crippen LogP contribution >= 0.6 is 11.6 Å². The number of ether oxygens (including phenoxy) is 2. The van der Waals surface area contributed by atoms with Crippen LogP contribution in [0.1, 0.15) is 79.0 Å². The first-order valence-corrected chi connectivity index (χ1v) is 11.2. The molecule has 0 aromatic carbocycles. The number of halogens is 4. The van der Waals surface area contributed by atoms with Crippen LogP contribution in [-0.4, -0.2) is 45.7 Å². The molecule has 1 saturated heterocycles. The van der Waals surface area contributed by atoms with Crippen LogP contribution in [0.3, 0.4) is 0 Å². The van der Waals surface area contributed by atoms with E-state index in [0.29, 0.717) is 0 Å². The summed E-state index contributed by atoms with van der Waals surface area (Å²) in [6.07, 6.45) is -3.68. The van der Waals surface area contributed by atoms with Gasteiger partial charge in [-0.05, 0) is 67.4 Å². The monoisotopic (exact) mass is 492 g/mol. The Morgan fingerprint density at radius 1 is 1.21 bits per heavy atom. The summed E-state index contributed by atoms with van der Waals surface area (Å²) in [5.41, 5.74) is -4.02. The minimum absolute atomic E-state index is 0.110. The predicted octanol–water partition coefficient (Wildman–Crippen LogP) is 6.10. The van der Waals surface area contributed by atoms with Gasteiger partial charge in [-0.3, -0.25) is 4.79 Å². The van der Waals surface area contributed by atoms with Crippen molar-refractivity contribution in [3.05, 3.63) is 28.3 Å². The maximum Gasteiger partial charge on any atom is 0.410 e. The van der Waals surface area contributed by atoms with Crippen molar-refractivity contribution >= 4 is 23.7 Å². The second-order valence-electron chi connectivity index (χ2n) is 10.5. The van der Waals surface area contributed by atoms with E-state index in [1.54, 1.807) is 48.5 Å². The first-order chi connectivity index (χ1) is 14.9. The molecule has 1 aliphatic heterocycles. The molecule has 0 spiro atoms. The predicted molar refractivity (Wildman–Crippen MR) is 118 cm³/mol. The summed E-state index contributed by atoms with van der Waals surface area (Å²) in [4.78, 5) is 31.3. The second kappa shape index (κ2) is 9.68. The lowest BCUT2D eigenvalue weighted by Gasteiger charge is -2.44. The van der Waals surface area contributed by atoms with Gasteiger partial charge in [0.25, 0.3) is 6.43 Å². The molecule has 0 N–H and O–H groups in total. The van der Waals surface area contributed by atoms with Crippen LogP contribution in [0.4, 0.5) is 18.0 Å². The molecule has 0 aliphatic carbocycles. The lowest BCUT2D eigenvalue weighted by atomic mass is 9.72. The van der Waals surface area contributed by atoms with Gasteiger partial charge in [-0.15, -0.1) is 0 Å². The third kappa shape index (κ3) is 6.98. The van der Waals surface area contributed by atoms with Gasteiger partial charge >= 0.3 is 12.1 Å². The molecule has 0 bridgehead atoms. The van der Waals surface area contributed by atoms with Crippen molar-refractivity contribution in [2.45, 2.75) is 91.4 Å². The van der Waals surface area contributed by atoms with Gasteiger partial charge in [-0.25, -0.2) is 22.9 Å². The summed E-state index contributed by atoms with van der Waals surface area (Å²) in [6.45, 7) is 12.2. The Hall–Kier alpha value is -2.03. The highest BCUT2D eigenvalue weighted by Crippen LogP contribution is 2.42. The van der Waals surface area contributed by atoms with Crippen LogP contribution in [0.25, 0.3) is 0 Å². The minimum Gasteiger partial charge on any atom is -0.460 e. The lowest BCUT2D eigenvalue weighted by Crippen LogP contribution is -2.54. The molecular formula is C23H32ClF3N2O4. The van der Waals surface area contributed by atoms with Gasteiger partial charge in [0.05, 0.1) is 16.7 Å². The maximum absolute atomic E-state index is 14.9. The number of hydrogen-bond donors (Lipinski definition) is 0. The molecule has 0 saturated carbocycles. The van der Waals surface area contributed by atoms with E-state index in [0.717, 1.165) is 6.07 Å². The normalized spacial score (nSPS) is 21.8. The zero-order chi connectivity index (χ0) is 25.4. The molecule has 6 nitrogen and oxygen atoms in total. The van der Waals surface area contributed by atoms with Crippen molar-refractivity contribution in [1.82, 2.24) is 9.88 Å². The molecular weight excluding hydrogens is 461 g/mol. The van der Waals surface area contributed by atoms with Crippen LogP contribution in [0, 0.1) is 11.2 Å². The van der Waals surface area contributed by atoms with Crippen molar-refractivity contribution in [2.24, 2.45) is 5.41 Å². The molecule has 186 valence electrons. The number of rotatable bonds is 4. The highest BCUT2D eigenvalue weighted by atomic mass is 35.5. The molecule has 1 aromatic heterocycles. The summed E-state index contributed by atoms with van der Waals surface area (Å²) in [6, 6.07) is 0.316. The zero-order valence-electron chi connectivity index (χ0n) is 20.1. The van der Waals surface area contributed by atoms with E-state index in [-0.39, 0.29) is 36.7 Å². The van der Waals surface area contributed by atoms with E-state index in [1.165, 1.54) is 4.90 Å². The molecule has 2 rings (SSSR count). The Morgan fingerprint density at radius 2 is 1.79 bits per heavy atom. The Labute approximate surface area is 197 Å². The molecule has 2 heterocycles. The first kappa shape index (κ1) is 27.2. The minimum atomic E-state index is -3.09. The number of hydrogen-bond acceptors (Lipinski definition) is 5. The molecule has 2 atom stereocenters. The smallest absolute Gasteiger partial charge is 0.410 e. The third-order valence-corrected chi connectivity index (χ3v) is 5.47. The SMILES string of the molecule is C[C@@H]1C[C@](Cc2nc(Cl)cc(C(F)F)c2F)(C(=O)OC(C)(C)C)CCN1C(=O)OC(C)(C)C. The Bertz CT molecular complexity index is 899. The van der Waals surface area contributed by atoms with Crippen LogP contribution in [0.2, 0.25) is 5.15 Å². The van der Waals surface area contributed by atoms with Crippen molar-refractivity contribution in [3.8, 4) is 0 Å². The van der Waals surface area contributed by atoms with E-state index in [4.69, 9.17) is 21.1 Å². The average molecular weight is 493 g/mol. The Morgan fingerprint density at radius 3 is 2.27 bits per heavy atom. The van der Waals surface area contributed by atoms with Crippen LogP contribution in [-0.2, 0) is 20.7 Å². The summed E-state index contributed by atoms with van der Waals surface area (Å²) >= 11 is 5.87. The fourth-order valence-corrected chi connectivity index (χ4v) is 4.11. The number of carbonyl (C=O) groups is 2. The summed E-state index contributed by atoms with van der Waals surface area (Å²) in [7, 11) is 0. The van der Waals surface area contributed by atoms with Gasteiger partial charge < -0.3 is 14.4 Å². The standard InChI is InChI=1S/C23H32ClF3N2O4/c1-13-11-23(19(30)32-21(2,3)4,8-9-29(13)20(31)33-22(5,6)7)12-15-17(25)14(18(26)27)10-16(24)28-15/h10,13,18H,8-9,11-12H2,1-7H3/t13-,23-/m1/s1. The molecule has 10 heteroatoms. The van der Waals surface area contributed by atoms with E-state index >= 15 is 0 Å². The maximum atomic E-state index is 14.9. The third-order valence-electron chi connectivity index (χ3n) is 5.27. The number of amides is 1. The molecule has 0 radical (unpaired) electrons. The van der Waals surface area contributed by atoms with E-state index < -0.39 is 52.5 Å². The first-order valence-electron chi connectivity index (χ1n) is 10.8. The van der Waals surface area contributed by atoms with Gasteiger partial charge in [0.15, 0.2) is 5.82 Å². The van der Waals surface area contributed by atoms with Crippen LogP contribution in [0.15, 0.2) is 6.07 Å². The zero-order valence-corrected chi connectivity index (χ0v) is 20.9. The Balaban J connectivity index is 2.43. The van der Waals surface area contributed by atoms with Gasteiger partial charge in [0.1, 0.15) is 16.4 Å². The number of likely N-dealkylation sites (tertiary alicyclic amines) is 1. The van der Waals surface area contributed by atoms with E-state index in [9.17, 15) is 22.8 Å².